The van der Waals surface area contributed by atoms with E-state index in [2.05, 4.69) is 12.2 Å². The van der Waals surface area contributed by atoms with Gasteiger partial charge in [-0.3, -0.25) is 4.79 Å². The van der Waals surface area contributed by atoms with Crippen molar-refractivity contribution in [2.45, 2.75) is 26.2 Å². The summed E-state index contributed by atoms with van der Waals surface area (Å²) in [4.78, 5) is 24.6. The molecule has 9 nitrogen and oxygen atoms in total. The lowest BCUT2D eigenvalue weighted by Crippen LogP contribution is -2.27. The zero-order valence-electron chi connectivity index (χ0n) is 22.2. The van der Waals surface area contributed by atoms with E-state index >= 15 is 0 Å². The Kier molecular flexibility index (Phi) is 13.0. The third-order valence-corrected chi connectivity index (χ3v) is 5.27. The molecule has 202 valence electrons. The first-order valence-corrected chi connectivity index (χ1v) is 12.2. The van der Waals surface area contributed by atoms with Gasteiger partial charge in [0.25, 0.3) is 5.91 Å². The molecule has 9 heteroatoms. The average molecular weight is 523 g/mol. The summed E-state index contributed by atoms with van der Waals surface area (Å²) >= 11 is 0. The highest BCUT2D eigenvalue weighted by Gasteiger charge is 2.12. The maximum absolute atomic E-state index is 12.5. The molecule has 0 spiro atoms. The van der Waals surface area contributed by atoms with Crippen LogP contribution >= 0.6 is 0 Å². The van der Waals surface area contributed by atoms with E-state index in [9.17, 15) is 14.9 Å². The van der Waals surface area contributed by atoms with E-state index < -0.39 is 11.9 Å². The normalized spacial score (nSPS) is 11.1. The van der Waals surface area contributed by atoms with E-state index in [1.807, 2.05) is 12.1 Å². The van der Waals surface area contributed by atoms with Gasteiger partial charge in [-0.05, 0) is 54.0 Å². The lowest BCUT2D eigenvalue weighted by atomic mass is 10.1. The number of esters is 1. The molecule has 2 rings (SSSR count). The van der Waals surface area contributed by atoms with Gasteiger partial charge in [-0.1, -0.05) is 31.9 Å². The van der Waals surface area contributed by atoms with Crippen molar-refractivity contribution in [3.05, 3.63) is 59.2 Å². The lowest BCUT2D eigenvalue weighted by molar-refractivity contribution is -0.129. The molecule has 0 aliphatic rings. The van der Waals surface area contributed by atoms with Crippen LogP contribution in [0.4, 0.5) is 0 Å². The van der Waals surface area contributed by atoms with Crippen LogP contribution in [0.2, 0.25) is 0 Å². The van der Waals surface area contributed by atoms with Crippen LogP contribution in [0, 0.1) is 11.3 Å². The van der Waals surface area contributed by atoms with Gasteiger partial charge in [-0.15, -0.1) is 0 Å². The van der Waals surface area contributed by atoms with E-state index in [1.165, 1.54) is 32.4 Å². The molecule has 0 bridgehead atoms. The molecule has 0 heterocycles. The third kappa shape index (κ3) is 9.64. The molecule has 2 aromatic carbocycles. The Bertz CT molecular complexity index is 1180. The second kappa shape index (κ2) is 16.5. The van der Waals surface area contributed by atoms with Crippen LogP contribution in [-0.4, -0.2) is 53.0 Å². The van der Waals surface area contributed by atoms with Crippen molar-refractivity contribution >= 4 is 24.0 Å². The van der Waals surface area contributed by atoms with Crippen molar-refractivity contribution < 1.29 is 33.3 Å². The monoisotopic (exact) mass is 522 g/mol. The topological polar surface area (TPSA) is 116 Å². The molecular weight excluding hydrogens is 488 g/mol. The van der Waals surface area contributed by atoms with Crippen LogP contribution in [-0.2, 0) is 14.3 Å². The maximum atomic E-state index is 12.5. The van der Waals surface area contributed by atoms with Gasteiger partial charge in [-0.2, -0.15) is 5.26 Å². The fourth-order valence-electron chi connectivity index (χ4n) is 3.28. The van der Waals surface area contributed by atoms with Crippen LogP contribution in [0.25, 0.3) is 12.2 Å². The first kappa shape index (κ1) is 29.9. The number of hydrogen-bond acceptors (Lipinski definition) is 8. The Morgan fingerprint density at radius 1 is 0.921 bits per heavy atom. The fourth-order valence-corrected chi connectivity index (χ4v) is 3.28. The molecule has 0 aliphatic carbocycles. The molecule has 0 atom stereocenters. The van der Waals surface area contributed by atoms with Crippen LogP contribution in [0.5, 0.6) is 23.0 Å². The molecule has 0 unspecified atom stereocenters. The molecule has 0 saturated carbocycles. The number of carbonyl (C=O) groups is 2. The largest absolute Gasteiger partial charge is 0.493 e. The smallest absolute Gasteiger partial charge is 0.336 e. The summed E-state index contributed by atoms with van der Waals surface area (Å²) in [5.41, 5.74) is 1.18. The molecule has 2 aromatic rings. The van der Waals surface area contributed by atoms with E-state index in [-0.39, 0.29) is 23.6 Å². The summed E-state index contributed by atoms with van der Waals surface area (Å²) in [5.74, 6) is 0.554. The Labute approximate surface area is 223 Å². The Morgan fingerprint density at radius 2 is 1.61 bits per heavy atom. The summed E-state index contributed by atoms with van der Waals surface area (Å²) in [7, 11) is 4.51. The molecule has 1 amide bonds. The zero-order valence-corrected chi connectivity index (χ0v) is 22.2. The van der Waals surface area contributed by atoms with Gasteiger partial charge in [-0.25, -0.2) is 4.79 Å². The van der Waals surface area contributed by atoms with Gasteiger partial charge in [0.1, 0.15) is 11.6 Å². The minimum absolute atomic E-state index is 0.0800. The van der Waals surface area contributed by atoms with Crippen molar-refractivity contribution in [2.24, 2.45) is 0 Å². The number of nitriles is 1. The Balaban J connectivity index is 2.08. The molecule has 0 fully saturated rings. The minimum atomic E-state index is -0.610. The highest BCUT2D eigenvalue weighted by molar-refractivity contribution is 6.01. The number of ether oxygens (including phenoxy) is 5. The molecule has 38 heavy (non-hydrogen) atoms. The van der Waals surface area contributed by atoms with Crippen molar-refractivity contribution in [3.8, 4) is 29.1 Å². The highest BCUT2D eigenvalue weighted by atomic mass is 16.6. The maximum Gasteiger partial charge on any atom is 0.336 e. The summed E-state index contributed by atoms with van der Waals surface area (Å²) in [6.07, 6.45) is 7.50. The van der Waals surface area contributed by atoms with Crippen molar-refractivity contribution in [1.29, 1.82) is 5.26 Å². The van der Waals surface area contributed by atoms with Crippen LogP contribution in [0.15, 0.2) is 48.0 Å². The predicted molar refractivity (Wildman–Crippen MR) is 144 cm³/mol. The number of nitrogens with zero attached hydrogens (tertiary/aromatic N) is 1. The number of rotatable bonds is 15. The number of unbranched alkanes of at least 4 members (excludes halogenated alkanes) is 2. The molecule has 0 aromatic heterocycles. The number of carbonyl (C=O) groups excluding carboxylic acids is 2. The minimum Gasteiger partial charge on any atom is -0.493 e. The quantitative estimate of drug-likeness (QED) is 0.119. The standard InChI is InChI=1S/C29H34N2O7/c1-5-6-7-15-37-24-11-8-21(18-26(24)35-3)10-13-28(32)38-25-12-9-22(19-27(25)36-4)17-23(20-30)29(33)31-14-16-34-2/h8-13,17-19H,5-7,14-16H2,1-4H3,(H,31,33)/b13-10+,23-17+. The van der Waals surface area contributed by atoms with E-state index in [0.29, 0.717) is 30.3 Å². The van der Waals surface area contributed by atoms with Gasteiger partial charge < -0.3 is 29.0 Å². The van der Waals surface area contributed by atoms with E-state index in [1.54, 1.807) is 37.5 Å². The zero-order chi connectivity index (χ0) is 27.8. The lowest BCUT2D eigenvalue weighted by Gasteiger charge is -2.11. The summed E-state index contributed by atoms with van der Waals surface area (Å²) in [6.45, 7) is 3.36. The number of amides is 1. The molecule has 0 saturated heterocycles. The van der Waals surface area contributed by atoms with E-state index in [4.69, 9.17) is 23.7 Å². The molecule has 0 aliphatic heterocycles. The second-order valence-corrected chi connectivity index (χ2v) is 8.05. The molecule has 1 N–H and O–H groups in total. The van der Waals surface area contributed by atoms with Crippen molar-refractivity contribution in [2.75, 3.05) is 41.1 Å². The van der Waals surface area contributed by atoms with Gasteiger partial charge in [0.15, 0.2) is 23.0 Å². The van der Waals surface area contributed by atoms with E-state index in [0.717, 1.165) is 24.8 Å². The first-order valence-electron chi connectivity index (χ1n) is 12.2. The highest BCUT2D eigenvalue weighted by Crippen LogP contribution is 2.30. The first-order chi connectivity index (χ1) is 18.4. The third-order valence-electron chi connectivity index (χ3n) is 5.27. The number of nitrogens with one attached hydrogen (secondary N) is 1. The predicted octanol–water partition coefficient (Wildman–Crippen LogP) is 4.56. The van der Waals surface area contributed by atoms with Crippen molar-refractivity contribution in [1.82, 2.24) is 5.32 Å². The van der Waals surface area contributed by atoms with Gasteiger partial charge in [0, 0.05) is 19.7 Å². The molecular formula is C29H34N2O7. The Hall–Kier alpha value is -4.29. The second-order valence-electron chi connectivity index (χ2n) is 8.05. The fraction of sp³-hybridized carbons (Fsp3) is 0.345. The van der Waals surface area contributed by atoms with Crippen LogP contribution in [0.1, 0.15) is 37.3 Å². The summed E-state index contributed by atoms with van der Waals surface area (Å²) < 4.78 is 26.9. The summed E-state index contributed by atoms with van der Waals surface area (Å²) in [5, 5.41) is 11.9. The number of hydrogen-bond donors (Lipinski definition) is 1. The molecule has 0 radical (unpaired) electrons. The van der Waals surface area contributed by atoms with Gasteiger partial charge >= 0.3 is 5.97 Å². The van der Waals surface area contributed by atoms with Crippen LogP contribution in [0.3, 0.4) is 0 Å². The number of benzene rings is 2. The summed E-state index contributed by atoms with van der Waals surface area (Å²) in [6, 6.07) is 12.0. The van der Waals surface area contributed by atoms with Gasteiger partial charge in [0.05, 0.1) is 27.4 Å². The van der Waals surface area contributed by atoms with Crippen molar-refractivity contribution in [3.63, 3.8) is 0 Å². The van der Waals surface area contributed by atoms with Gasteiger partial charge in [0.2, 0.25) is 0 Å². The Morgan fingerprint density at radius 3 is 2.29 bits per heavy atom. The average Bonchev–Trinajstić information content (AvgIpc) is 2.93. The number of methoxy groups -OCH3 is 3. The van der Waals surface area contributed by atoms with Crippen LogP contribution < -0.4 is 24.3 Å². The SMILES string of the molecule is CCCCCOc1ccc(/C=C/C(=O)Oc2ccc(/C=C(\C#N)C(=O)NCCOC)cc2OC)cc1OC.